The maximum atomic E-state index is 10.4. The average molecular weight is 291 g/mol. The number of thiazole rings is 1. The van der Waals surface area contributed by atoms with Crippen LogP contribution in [0.25, 0.3) is 0 Å². The van der Waals surface area contributed by atoms with Crippen molar-refractivity contribution in [3.8, 4) is 5.75 Å². The summed E-state index contributed by atoms with van der Waals surface area (Å²) >= 11 is 1.60. The highest BCUT2D eigenvalue weighted by atomic mass is 32.1. The summed E-state index contributed by atoms with van der Waals surface area (Å²) in [6, 6.07) is 7.56. The van der Waals surface area contributed by atoms with E-state index in [1.165, 1.54) is 0 Å². The zero-order chi connectivity index (χ0) is 14.8. The van der Waals surface area contributed by atoms with Crippen LogP contribution in [0.2, 0.25) is 0 Å². The first-order valence-electron chi connectivity index (χ1n) is 6.67. The largest absolute Gasteiger partial charge is 0.496 e. The number of methoxy groups -OCH3 is 1. The molecule has 20 heavy (non-hydrogen) atoms. The maximum absolute atomic E-state index is 10.4. The van der Waals surface area contributed by atoms with Gasteiger partial charge in [-0.2, -0.15) is 0 Å². The van der Waals surface area contributed by atoms with E-state index in [-0.39, 0.29) is 5.41 Å². The lowest BCUT2D eigenvalue weighted by Crippen LogP contribution is -2.12. The molecule has 1 unspecified atom stereocenters. The Hall–Kier alpha value is -1.39. The second-order valence-corrected chi connectivity index (χ2v) is 6.78. The molecule has 0 aliphatic heterocycles. The summed E-state index contributed by atoms with van der Waals surface area (Å²) in [6.07, 6.45) is -0.0775. The molecule has 0 radical (unpaired) electrons. The first-order valence-corrected chi connectivity index (χ1v) is 7.55. The third-order valence-corrected chi connectivity index (χ3v) is 4.06. The average Bonchev–Trinajstić information content (AvgIpc) is 2.87. The zero-order valence-corrected chi connectivity index (χ0v) is 13.2. The number of para-hydroxylation sites is 1. The van der Waals surface area contributed by atoms with Crippen molar-refractivity contribution in [2.24, 2.45) is 0 Å². The van der Waals surface area contributed by atoms with Gasteiger partial charge in [0.05, 0.1) is 23.9 Å². The van der Waals surface area contributed by atoms with Gasteiger partial charge in [0.1, 0.15) is 5.75 Å². The van der Waals surface area contributed by atoms with Crippen LogP contribution >= 0.6 is 11.3 Å². The predicted molar refractivity (Wildman–Crippen MR) is 82.5 cm³/mol. The van der Waals surface area contributed by atoms with Crippen LogP contribution in [0.4, 0.5) is 0 Å². The van der Waals surface area contributed by atoms with Crippen molar-refractivity contribution in [2.45, 2.75) is 38.7 Å². The summed E-state index contributed by atoms with van der Waals surface area (Å²) in [5.41, 5.74) is 1.93. The molecular weight excluding hydrogens is 270 g/mol. The lowest BCUT2D eigenvalue weighted by molar-refractivity contribution is 0.174. The third-order valence-electron chi connectivity index (χ3n) is 3.19. The first kappa shape index (κ1) is 15.0. The highest BCUT2D eigenvalue weighted by Gasteiger charge is 2.20. The van der Waals surface area contributed by atoms with Crippen LogP contribution in [0, 0.1) is 0 Å². The van der Waals surface area contributed by atoms with E-state index in [2.05, 4.69) is 31.1 Å². The fourth-order valence-electron chi connectivity index (χ4n) is 1.97. The minimum atomic E-state index is -0.592. The lowest BCUT2D eigenvalue weighted by Gasteiger charge is -2.15. The summed E-state index contributed by atoms with van der Waals surface area (Å²) in [6.45, 7) is 6.42. The second-order valence-electron chi connectivity index (χ2n) is 5.84. The fraction of sp³-hybridized carbons (Fsp3) is 0.438. The van der Waals surface area contributed by atoms with Gasteiger partial charge in [0.25, 0.3) is 0 Å². The van der Waals surface area contributed by atoms with Gasteiger partial charge < -0.3 is 9.84 Å². The van der Waals surface area contributed by atoms with Gasteiger partial charge in [0, 0.05) is 22.8 Å². The molecule has 0 aliphatic rings. The Morgan fingerprint density at radius 2 is 2.00 bits per heavy atom. The van der Waals surface area contributed by atoms with Crippen LogP contribution in [0.15, 0.2) is 29.6 Å². The van der Waals surface area contributed by atoms with Crippen molar-refractivity contribution in [3.05, 3.63) is 45.9 Å². The Kier molecular flexibility index (Phi) is 4.45. The second kappa shape index (κ2) is 5.94. The quantitative estimate of drug-likeness (QED) is 0.933. The van der Waals surface area contributed by atoms with Gasteiger partial charge in [-0.3, -0.25) is 0 Å². The van der Waals surface area contributed by atoms with Crippen LogP contribution in [0.3, 0.4) is 0 Å². The Balaban J connectivity index is 2.15. The van der Waals surface area contributed by atoms with E-state index in [1.54, 1.807) is 18.4 Å². The number of hydrogen-bond acceptors (Lipinski definition) is 4. The molecule has 2 rings (SSSR count). The molecule has 1 N–H and O–H groups in total. The lowest BCUT2D eigenvalue weighted by atomic mass is 9.93. The Morgan fingerprint density at radius 1 is 1.30 bits per heavy atom. The minimum absolute atomic E-state index is 0.0458. The molecule has 0 saturated carbocycles. The molecule has 0 bridgehead atoms. The SMILES string of the molecule is COc1ccccc1C(O)Cc1nc(C(C)(C)C)cs1. The summed E-state index contributed by atoms with van der Waals surface area (Å²) in [4.78, 5) is 4.62. The van der Waals surface area contributed by atoms with Crippen LogP contribution in [0.1, 0.15) is 43.1 Å². The third kappa shape index (κ3) is 3.38. The topological polar surface area (TPSA) is 42.4 Å². The molecule has 1 atom stereocenters. The molecule has 2 aromatic rings. The number of ether oxygens (including phenoxy) is 1. The Labute approximate surface area is 124 Å². The fourth-order valence-corrected chi connectivity index (χ4v) is 3.03. The van der Waals surface area contributed by atoms with Gasteiger partial charge in [0.2, 0.25) is 0 Å². The summed E-state index contributed by atoms with van der Waals surface area (Å²) in [5.74, 6) is 0.715. The predicted octanol–water partition coefficient (Wildman–Crippen LogP) is 3.73. The van der Waals surface area contributed by atoms with Gasteiger partial charge in [0.15, 0.2) is 0 Å². The number of aromatic nitrogens is 1. The summed E-state index contributed by atoms with van der Waals surface area (Å²) in [7, 11) is 1.62. The molecule has 108 valence electrons. The summed E-state index contributed by atoms with van der Waals surface area (Å²) < 4.78 is 5.29. The van der Waals surface area contributed by atoms with Crippen molar-refractivity contribution in [1.82, 2.24) is 4.98 Å². The molecule has 0 saturated heterocycles. The van der Waals surface area contributed by atoms with E-state index in [0.717, 1.165) is 16.3 Å². The van der Waals surface area contributed by atoms with Crippen molar-refractivity contribution in [3.63, 3.8) is 0 Å². The number of aliphatic hydroxyl groups excluding tert-OH is 1. The Bertz CT molecular complexity index is 572. The van der Waals surface area contributed by atoms with E-state index in [0.29, 0.717) is 12.2 Å². The number of aliphatic hydroxyl groups is 1. The van der Waals surface area contributed by atoms with Crippen molar-refractivity contribution >= 4 is 11.3 Å². The van der Waals surface area contributed by atoms with Crippen LogP contribution in [-0.2, 0) is 11.8 Å². The zero-order valence-electron chi connectivity index (χ0n) is 12.4. The van der Waals surface area contributed by atoms with Crippen LogP contribution in [0.5, 0.6) is 5.75 Å². The molecule has 3 nitrogen and oxygen atoms in total. The van der Waals surface area contributed by atoms with E-state index in [9.17, 15) is 5.11 Å². The summed E-state index contributed by atoms with van der Waals surface area (Å²) in [5, 5.41) is 13.4. The van der Waals surface area contributed by atoms with E-state index >= 15 is 0 Å². The smallest absolute Gasteiger partial charge is 0.124 e. The Morgan fingerprint density at radius 3 is 2.60 bits per heavy atom. The van der Waals surface area contributed by atoms with Gasteiger partial charge in [-0.1, -0.05) is 39.0 Å². The maximum Gasteiger partial charge on any atom is 0.124 e. The number of rotatable bonds is 4. The highest BCUT2D eigenvalue weighted by Crippen LogP contribution is 2.30. The van der Waals surface area contributed by atoms with Gasteiger partial charge in [-0.15, -0.1) is 11.3 Å². The van der Waals surface area contributed by atoms with Crippen molar-refractivity contribution in [2.75, 3.05) is 7.11 Å². The molecule has 1 aromatic heterocycles. The number of nitrogens with zero attached hydrogens (tertiary/aromatic N) is 1. The first-order chi connectivity index (χ1) is 9.41. The molecular formula is C16H21NO2S. The van der Waals surface area contributed by atoms with Crippen LogP contribution in [-0.4, -0.2) is 17.2 Å². The molecule has 0 fully saturated rings. The molecule has 1 heterocycles. The van der Waals surface area contributed by atoms with Gasteiger partial charge in [-0.25, -0.2) is 4.98 Å². The molecule has 0 amide bonds. The van der Waals surface area contributed by atoms with Crippen LogP contribution < -0.4 is 4.74 Å². The molecule has 1 aromatic carbocycles. The van der Waals surface area contributed by atoms with Crippen molar-refractivity contribution < 1.29 is 9.84 Å². The van der Waals surface area contributed by atoms with Crippen molar-refractivity contribution in [1.29, 1.82) is 0 Å². The number of benzene rings is 1. The van der Waals surface area contributed by atoms with E-state index in [4.69, 9.17) is 4.74 Å². The monoisotopic (exact) mass is 291 g/mol. The molecule has 0 spiro atoms. The van der Waals surface area contributed by atoms with E-state index in [1.807, 2.05) is 24.3 Å². The minimum Gasteiger partial charge on any atom is -0.496 e. The standard InChI is InChI=1S/C16H21NO2S/c1-16(2,3)14-10-20-15(17-14)9-12(18)11-7-5-6-8-13(11)19-4/h5-8,10,12,18H,9H2,1-4H3. The van der Waals surface area contributed by atoms with E-state index < -0.39 is 6.10 Å². The van der Waals surface area contributed by atoms with Gasteiger partial charge >= 0.3 is 0 Å². The number of hydrogen-bond donors (Lipinski definition) is 1. The van der Waals surface area contributed by atoms with Gasteiger partial charge in [-0.05, 0) is 6.07 Å². The molecule has 0 aliphatic carbocycles. The normalized spacial score (nSPS) is 13.2. The highest BCUT2D eigenvalue weighted by molar-refractivity contribution is 7.09. The molecule has 4 heteroatoms.